The molecule has 1 aliphatic carbocycles. The molecule has 0 amide bonds. The molecule has 0 aromatic heterocycles. The zero-order chi connectivity index (χ0) is 6.69. The Labute approximate surface area is 58.7 Å². The molecule has 0 heterocycles. The summed E-state index contributed by atoms with van der Waals surface area (Å²) in [4.78, 5) is 0. The van der Waals surface area contributed by atoms with Crippen molar-refractivity contribution in [3.63, 3.8) is 0 Å². The van der Waals surface area contributed by atoms with E-state index < -0.39 is 0 Å². The van der Waals surface area contributed by atoms with E-state index in [0.717, 1.165) is 11.8 Å². The van der Waals surface area contributed by atoms with Gasteiger partial charge in [0.2, 0.25) is 0 Å². The molecule has 0 nitrogen and oxygen atoms in total. The highest BCUT2D eigenvalue weighted by Gasteiger charge is 2.14. The molecule has 1 fully saturated rings. The SMILES string of the molecule is CC1CC[CH]CCC1C. The van der Waals surface area contributed by atoms with E-state index in [4.69, 9.17) is 0 Å². The van der Waals surface area contributed by atoms with Crippen LogP contribution in [0.5, 0.6) is 0 Å². The fraction of sp³-hybridized carbons (Fsp3) is 0.889. The van der Waals surface area contributed by atoms with Gasteiger partial charge in [0.05, 0.1) is 0 Å². The van der Waals surface area contributed by atoms with Crippen LogP contribution in [0.1, 0.15) is 39.5 Å². The number of hydrogen-bond donors (Lipinski definition) is 0. The van der Waals surface area contributed by atoms with Crippen LogP contribution in [0.3, 0.4) is 0 Å². The molecule has 1 rings (SSSR count). The maximum absolute atomic E-state index is 2.44. The van der Waals surface area contributed by atoms with Gasteiger partial charge in [-0.2, -0.15) is 0 Å². The van der Waals surface area contributed by atoms with E-state index in [1.54, 1.807) is 0 Å². The Hall–Kier alpha value is 0. The van der Waals surface area contributed by atoms with Crippen molar-refractivity contribution in [3.05, 3.63) is 6.42 Å². The Kier molecular flexibility index (Phi) is 2.56. The fourth-order valence-electron chi connectivity index (χ4n) is 1.47. The van der Waals surface area contributed by atoms with E-state index >= 15 is 0 Å². The molecule has 0 heteroatoms. The topological polar surface area (TPSA) is 0 Å². The van der Waals surface area contributed by atoms with Gasteiger partial charge in [0, 0.05) is 0 Å². The van der Waals surface area contributed by atoms with E-state index in [1.807, 2.05) is 0 Å². The predicted octanol–water partition coefficient (Wildman–Crippen LogP) is 3.04. The third kappa shape index (κ3) is 2.00. The first-order valence-corrected chi connectivity index (χ1v) is 4.12. The largest absolute Gasteiger partial charge is 0.0623 e. The molecule has 0 bridgehead atoms. The Morgan fingerprint density at radius 2 is 1.44 bits per heavy atom. The lowest BCUT2D eigenvalue weighted by Crippen LogP contribution is -2.04. The van der Waals surface area contributed by atoms with Crippen molar-refractivity contribution in [1.29, 1.82) is 0 Å². The third-order valence-corrected chi connectivity index (χ3v) is 2.62. The van der Waals surface area contributed by atoms with Crippen LogP contribution in [0.4, 0.5) is 0 Å². The summed E-state index contributed by atoms with van der Waals surface area (Å²) in [5.41, 5.74) is 0. The molecule has 0 N–H and O–H groups in total. The number of hydrogen-bond acceptors (Lipinski definition) is 0. The lowest BCUT2D eigenvalue weighted by Gasteiger charge is -2.14. The van der Waals surface area contributed by atoms with Crippen LogP contribution in [0.15, 0.2) is 0 Å². The van der Waals surface area contributed by atoms with Crippen molar-refractivity contribution < 1.29 is 0 Å². The monoisotopic (exact) mass is 125 g/mol. The molecule has 2 unspecified atom stereocenters. The summed E-state index contributed by atoms with van der Waals surface area (Å²) in [6.45, 7) is 4.76. The van der Waals surface area contributed by atoms with Crippen LogP contribution < -0.4 is 0 Å². The van der Waals surface area contributed by atoms with Gasteiger partial charge in [-0.15, -0.1) is 0 Å². The minimum Gasteiger partial charge on any atom is -0.0623 e. The van der Waals surface area contributed by atoms with Gasteiger partial charge in [0.1, 0.15) is 0 Å². The van der Waals surface area contributed by atoms with Gasteiger partial charge in [0.15, 0.2) is 0 Å². The third-order valence-electron chi connectivity index (χ3n) is 2.62. The average Bonchev–Trinajstić information content (AvgIpc) is 1.99. The van der Waals surface area contributed by atoms with Crippen molar-refractivity contribution in [3.8, 4) is 0 Å². The zero-order valence-electron chi connectivity index (χ0n) is 6.56. The molecule has 53 valence electrons. The highest BCUT2D eigenvalue weighted by Crippen LogP contribution is 2.26. The maximum Gasteiger partial charge on any atom is -0.0386 e. The maximum atomic E-state index is 2.44. The Morgan fingerprint density at radius 1 is 1.00 bits per heavy atom. The van der Waals surface area contributed by atoms with Gasteiger partial charge >= 0.3 is 0 Å². The van der Waals surface area contributed by atoms with Crippen LogP contribution in [-0.2, 0) is 0 Å². The first-order chi connectivity index (χ1) is 4.30. The zero-order valence-corrected chi connectivity index (χ0v) is 6.56. The summed E-state index contributed by atoms with van der Waals surface area (Å²) in [6, 6.07) is 0. The molecule has 0 saturated heterocycles. The van der Waals surface area contributed by atoms with Crippen LogP contribution in [0.25, 0.3) is 0 Å². The smallest absolute Gasteiger partial charge is 0.0386 e. The van der Waals surface area contributed by atoms with Crippen molar-refractivity contribution in [1.82, 2.24) is 0 Å². The van der Waals surface area contributed by atoms with E-state index in [9.17, 15) is 0 Å². The Bertz CT molecular complexity index is 66.1. The molecule has 0 spiro atoms. The quantitative estimate of drug-likeness (QED) is 0.436. The molecule has 1 radical (unpaired) electrons. The summed E-state index contributed by atoms with van der Waals surface area (Å²) in [6.07, 6.45) is 7.99. The molecule has 1 saturated carbocycles. The van der Waals surface area contributed by atoms with Gasteiger partial charge in [-0.1, -0.05) is 26.7 Å². The summed E-state index contributed by atoms with van der Waals surface area (Å²) in [5.74, 6) is 1.92. The van der Waals surface area contributed by atoms with E-state index in [-0.39, 0.29) is 0 Å². The Balaban J connectivity index is 2.32. The van der Waals surface area contributed by atoms with Gasteiger partial charge in [-0.25, -0.2) is 0 Å². The first kappa shape index (κ1) is 7.11. The van der Waals surface area contributed by atoms with Crippen LogP contribution in [-0.4, -0.2) is 0 Å². The van der Waals surface area contributed by atoms with Crippen LogP contribution in [0, 0.1) is 18.3 Å². The highest BCUT2D eigenvalue weighted by molar-refractivity contribution is 4.75. The van der Waals surface area contributed by atoms with Gasteiger partial charge in [-0.3, -0.25) is 0 Å². The average molecular weight is 125 g/mol. The summed E-state index contributed by atoms with van der Waals surface area (Å²) in [5, 5.41) is 0. The lowest BCUT2D eigenvalue weighted by atomic mass is 9.92. The van der Waals surface area contributed by atoms with E-state index in [0.29, 0.717) is 0 Å². The van der Waals surface area contributed by atoms with Gasteiger partial charge in [-0.05, 0) is 31.1 Å². The van der Waals surface area contributed by atoms with Crippen molar-refractivity contribution in [2.75, 3.05) is 0 Å². The normalized spacial score (nSPS) is 38.0. The second kappa shape index (κ2) is 3.24. The summed E-state index contributed by atoms with van der Waals surface area (Å²) in [7, 11) is 0. The predicted molar refractivity (Wildman–Crippen MR) is 41.1 cm³/mol. The number of rotatable bonds is 0. The molecule has 1 aliphatic rings. The van der Waals surface area contributed by atoms with Crippen molar-refractivity contribution >= 4 is 0 Å². The molecular formula is C9H17. The lowest BCUT2D eigenvalue weighted by molar-refractivity contribution is 0.367. The first-order valence-electron chi connectivity index (χ1n) is 4.12. The highest BCUT2D eigenvalue weighted by atomic mass is 14.2. The molecular weight excluding hydrogens is 108 g/mol. The summed E-state index contributed by atoms with van der Waals surface area (Å²) >= 11 is 0. The fourth-order valence-corrected chi connectivity index (χ4v) is 1.47. The van der Waals surface area contributed by atoms with Gasteiger partial charge in [0.25, 0.3) is 0 Å². The standard InChI is InChI=1S/C9H17/c1-8-6-4-3-5-7-9(8)2/h3,8-9H,4-7H2,1-2H3. The van der Waals surface area contributed by atoms with Crippen LogP contribution >= 0.6 is 0 Å². The summed E-state index contributed by atoms with van der Waals surface area (Å²) < 4.78 is 0. The van der Waals surface area contributed by atoms with E-state index in [1.165, 1.54) is 25.7 Å². The Morgan fingerprint density at radius 3 is 1.89 bits per heavy atom. The molecule has 2 atom stereocenters. The van der Waals surface area contributed by atoms with E-state index in [2.05, 4.69) is 20.3 Å². The van der Waals surface area contributed by atoms with Gasteiger partial charge < -0.3 is 0 Å². The minimum absolute atomic E-state index is 0.962. The molecule has 0 aliphatic heterocycles. The molecule has 0 aromatic rings. The minimum atomic E-state index is 0.962. The molecule has 0 aromatic carbocycles. The van der Waals surface area contributed by atoms with Crippen molar-refractivity contribution in [2.45, 2.75) is 39.5 Å². The second-order valence-corrected chi connectivity index (χ2v) is 3.40. The second-order valence-electron chi connectivity index (χ2n) is 3.40. The van der Waals surface area contributed by atoms with Crippen LogP contribution in [0.2, 0.25) is 0 Å². The van der Waals surface area contributed by atoms with Crippen molar-refractivity contribution in [2.24, 2.45) is 11.8 Å². The molecule has 9 heavy (non-hydrogen) atoms.